The Morgan fingerprint density at radius 1 is 1.33 bits per heavy atom. The topological polar surface area (TPSA) is 63.7 Å². The number of hydrogen-bond donors (Lipinski definition) is 0. The van der Waals surface area contributed by atoms with Crippen molar-refractivity contribution in [2.75, 3.05) is 13.7 Å². The predicted octanol–water partition coefficient (Wildman–Crippen LogP) is 1.85. The van der Waals surface area contributed by atoms with Gasteiger partial charge in [0, 0.05) is 6.54 Å². The number of ether oxygens (including phenoxy) is 1. The van der Waals surface area contributed by atoms with Crippen molar-refractivity contribution in [2.45, 2.75) is 26.3 Å². The lowest BCUT2D eigenvalue weighted by atomic mass is 10.1. The van der Waals surface area contributed by atoms with Crippen LogP contribution in [0, 0.1) is 11.8 Å². The molecule has 1 fully saturated rings. The summed E-state index contributed by atoms with van der Waals surface area (Å²) in [4.78, 5) is 12.1. The van der Waals surface area contributed by atoms with Gasteiger partial charge in [-0.2, -0.15) is 4.31 Å². The standard InChI is InChI=1S/C15H21NO4S/c1-11-5-4-6-13(8-7-11)21(18,19)16-10-12(2)9-14(16)15(17)20-3/h4-8,11-12,14H,9-10H2,1-3H3/t11?,12?,14-/m0/s1. The SMILES string of the molecule is COC(=O)[C@@H]1CC(C)CN1S(=O)(=O)C1=CC=CC(C)C=C1. The van der Waals surface area contributed by atoms with Crippen LogP contribution in [0.1, 0.15) is 20.3 Å². The minimum atomic E-state index is -3.69. The summed E-state index contributed by atoms with van der Waals surface area (Å²) >= 11 is 0. The fraction of sp³-hybridized carbons (Fsp3) is 0.533. The number of carbonyl (C=O) groups is 1. The highest BCUT2D eigenvalue weighted by molar-refractivity contribution is 7.93. The van der Waals surface area contributed by atoms with E-state index in [0.717, 1.165) is 0 Å². The van der Waals surface area contributed by atoms with Crippen LogP contribution in [0.4, 0.5) is 0 Å². The lowest BCUT2D eigenvalue weighted by Gasteiger charge is -2.22. The number of methoxy groups -OCH3 is 1. The zero-order valence-electron chi connectivity index (χ0n) is 12.5. The van der Waals surface area contributed by atoms with Crippen LogP contribution in [0.3, 0.4) is 0 Å². The van der Waals surface area contributed by atoms with Gasteiger partial charge in [-0.1, -0.05) is 32.1 Å². The molecule has 1 heterocycles. The molecule has 6 heteroatoms. The molecule has 116 valence electrons. The Bertz CT molecular complexity index is 603. The highest BCUT2D eigenvalue weighted by Crippen LogP contribution is 2.30. The molecule has 2 unspecified atom stereocenters. The molecule has 0 aromatic heterocycles. The van der Waals surface area contributed by atoms with Crippen LogP contribution in [-0.2, 0) is 19.6 Å². The Hall–Kier alpha value is -1.40. The van der Waals surface area contributed by atoms with E-state index in [1.54, 1.807) is 18.2 Å². The minimum Gasteiger partial charge on any atom is -0.468 e. The summed E-state index contributed by atoms with van der Waals surface area (Å²) in [6.45, 7) is 4.25. The lowest BCUT2D eigenvalue weighted by Crippen LogP contribution is -2.41. The highest BCUT2D eigenvalue weighted by Gasteiger charge is 2.43. The fourth-order valence-electron chi connectivity index (χ4n) is 2.62. The van der Waals surface area contributed by atoms with E-state index < -0.39 is 22.0 Å². The van der Waals surface area contributed by atoms with Gasteiger partial charge in [-0.05, 0) is 30.4 Å². The van der Waals surface area contributed by atoms with E-state index in [1.807, 2.05) is 26.0 Å². The van der Waals surface area contributed by atoms with Gasteiger partial charge in [-0.25, -0.2) is 8.42 Å². The molecular weight excluding hydrogens is 290 g/mol. The zero-order chi connectivity index (χ0) is 15.6. The van der Waals surface area contributed by atoms with Gasteiger partial charge in [0.05, 0.1) is 12.0 Å². The molecule has 1 saturated heterocycles. The van der Waals surface area contributed by atoms with Crippen LogP contribution in [0.25, 0.3) is 0 Å². The molecule has 0 amide bonds. The van der Waals surface area contributed by atoms with Gasteiger partial charge in [0.15, 0.2) is 0 Å². The molecule has 0 spiro atoms. The summed E-state index contributed by atoms with van der Waals surface area (Å²) in [5.41, 5.74) is 0. The van der Waals surface area contributed by atoms with Crippen molar-refractivity contribution in [1.29, 1.82) is 0 Å². The first-order chi connectivity index (χ1) is 9.86. The van der Waals surface area contributed by atoms with Crippen LogP contribution >= 0.6 is 0 Å². The van der Waals surface area contributed by atoms with E-state index in [-0.39, 0.29) is 16.7 Å². The average Bonchev–Trinajstić information content (AvgIpc) is 2.70. The van der Waals surface area contributed by atoms with Crippen molar-refractivity contribution in [1.82, 2.24) is 4.31 Å². The Morgan fingerprint density at radius 3 is 2.71 bits per heavy atom. The summed E-state index contributed by atoms with van der Waals surface area (Å²) in [7, 11) is -2.41. The van der Waals surface area contributed by atoms with E-state index in [2.05, 4.69) is 0 Å². The molecule has 0 N–H and O–H groups in total. The highest BCUT2D eigenvalue weighted by atomic mass is 32.2. The fourth-order valence-corrected chi connectivity index (χ4v) is 4.35. The van der Waals surface area contributed by atoms with Crippen LogP contribution in [0.15, 0.2) is 35.3 Å². The molecule has 0 bridgehead atoms. The number of esters is 1. The van der Waals surface area contributed by atoms with E-state index in [9.17, 15) is 13.2 Å². The van der Waals surface area contributed by atoms with E-state index in [4.69, 9.17) is 4.74 Å². The maximum atomic E-state index is 12.8. The van der Waals surface area contributed by atoms with Crippen molar-refractivity contribution in [3.63, 3.8) is 0 Å². The van der Waals surface area contributed by atoms with Gasteiger partial charge < -0.3 is 4.74 Å². The van der Waals surface area contributed by atoms with Crippen molar-refractivity contribution >= 4 is 16.0 Å². The van der Waals surface area contributed by atoms with Crippen LogP contribution < -0.4 is 0 Å². The smallest absolute Gasteiger partial charge is 0.324 e. The van der Waals surface area contributed by atoms with Crippen molar-refractivity contribution < 1.29 is 17.9 Å². The van der Waals surface area contributed by atoms with E-state index in [1.165, 1.54) is 11.4 Å². The maximum Gasteiger partial charge on any atom is 0.324 e. The number of nitrogens with zero attached hydrogens (tertiary/aromatic N) is 1. The summed E-state index contributed by atoms with van der Waals surface area (Å²) < 4.78 is 31.6. The molecule has 5 nitrogen and oxygen atoms in total. The minimum absolute atomic E-state index is 0.133. The van der Waals surface area contributed by atoms with E-state index in [0.29, 0.717) is 13.0 Å². The second-order valence-electron chi connectivity index (χ2n) is 5.63. The third-order valence-electron chi connectivity index (χ3n) is 3.78. The second kappa shape index (κ2) is 6.15. The monoisotopic (exact) mass is 311 g/mol. The van der Waals surface area contributed by atoms with Crippen LogP contribution in [-0.4, -0.2) is 38.4 Å². The van der Waals surface area contributed by atoms with Gasteiger partial charge in [0.1, 0.15) is 6.04 Å². The number of carbonyl (C=O) groups excluding carboxylic acids is 1. The van der Waals surface area contributed by atoms with Crippen LogP contribution in [0.5, 0.6) is 0 Å². The molecule has 0 saturated carbocycles. The third-order valence-corrected chi connectivity index (χ3v) is 5.67. The molecular formula is C15H21NO4S. The summed E-state index contributed by atoms with van der Waals surface area (Å²) in [5.74, 6) is -0.179. The molecule has 2 aliphatic rings. The first kappa shape index (κ1) is 16.0. The number of sulfonamides is 1. The Balaban J connectivity index is 2.34. The van der Waals surface area contributed by atoms with Crippen molar-refractivity contribution in [3.05, 3.63) is 35.3 Å². The molecule has 1 aliphatic heterocycles. The number of allylic oxidation sites excluding steroid dienone is 5. The summed E-state index contributed by atoms with van der Waals surface area (Å²) in [5, 5.41) is 0. The van der Waals surface area contributed by atoms with Gasteiger partial charge in [0.25, 0.3) is 0 Å². The van der Waals surface area contributed by atoms with Gasteiger partial charge >= 0.3 is 5.97 Å². The van der Waals surface area contributed by atoms with Crippen molar-refractivity contribution in [3.8, 4) is 0 Å². The van der Waals surface area contributed by atoms with Gasteiger partial charge in [-0.3, -0.25) is 4.79 Å². The molecule has 0 aromatic rings. The second-order valence-corrected chi connectivity index (χ2v) is 7.52. The molecule has 2 rings (SSSR count). The number of rotatable bonds is 3. The number of hydrogen-bond acceptors (Lipinski definition) is 4. The van der Waals surface area contributed by atoms with E-state index >= 15 is 0 Å². The van der Waals surface area contributed by atoms with Crippen molar-refractivity contribution in [2.24, 2.45) is 11.8 Å². The molecule has 3 atom stereocenters. The first-order valence-electron chi connectivity index (χ1n) is 7.02. The predicted molar refractivity (Wildman–Crippen MR) is 80.7 cm³/mol. The summed E-state index contributed by atoms with van der Waals surface area (Å²) in [6.07, 6.45) is 9.17. The molecule has 0 radical (unpaired) electrons. The Kier molecular flexibility index (Phi) is 4.68. The molecule has 21 heavy (non-hydrogen) atoms. The normalized spacial score (nSPS) is 30.0. The first-order valence-corrected chi connectivity index (χ1v) is 8.46. The quantitative estimate of drug-likeness (QED) is 0.746. The third kappa shape index (κ3) is 3.27. The molecule has 0 aromatic carbocycles. The van der Waals surface area contributed by atoms with Crippen LogP contribution in [0.2, 0.25) is 0 Å². The Labute approximate surface area is 126 Å². The summed E-state index contributed by atoms with van der Waals surface area (Å²) in [6, 6.07) is -0.728. The zero-order valence-corrected chi connectivity index (χ0v) is 13.3. The molecule has 1 aliphatic carbocycles. The van der Waals surface area contributed by atoms with Gasteiger partial charge in [0.2, 0.25) is 10.0 Å². The largest absolute Gasteiger partial charge is 0.468 e. The lowest BCUT2D eigenvalue weighted by molar-refractivity contribution is -0.144. The maximum absolute atomic E-state index is 12.8. The van der Waals surface area contributed by atoms with Gasteiger partial charge in [-0.15, -0.1) is 0 Å². The average molecular weight is 311 g/mol. The Morgan fingerprint density at radius 2 is 2.05 bits per heavy atom.